The maximum absolute atomic E-state index is 10.1. The minimum Gasteiger partial charge on any atom is -0.389 e. The van der Waals surface area contributed by atoms with E-state index in [1.54, 1.807) is 0 Å². The van der Waals surface area contributed by atoms with Crippen molar-refractivity contribution in [1.82, 2.24) is 5.32 Å². The van der Waals surface area contributed by atoms with Crippen LogP contribution in [-0.2, 0) is 0 Å². The number of allylic oxidation sites excluding steroid dienone is 3. The van der Waals surface area contributed by atoms with Crippen LogP contribution in [0.5, 0.6) is 0 Å². The van der Waals surface area contributed by atoms with Crippen molar-refractivity contribution in [3.63, 3.8) is 0 Å². The van der Waals surface area contributed by atoms with Crippen molar-refractivity contribution in [1.29, 1.82) is 0 Å². The Hall–Kier alpha value is -2.09. The summed E-state index contributed by atoms with van der Waals surface area (Å²) in [6.07, 6.45) is 4.65. The quantitative estimate of drug-likeness (QED) is 0.646. The zero-order chi connectivity index (χ0) is 14.0. The summed E-state index contributed by atoms with van der Waals surface area (Å²) in [5.74, 6) is 0. The Morgan fingerprint density at radius 1 is 1.17 bits per heavy atom. The predicted molar refractivity (Wildman–Crippen MR) is 78.7 cm³/mol. The molecule has 1 aromatic rings. The molecule has 0 heterocycles. The predicted octanol–water partition coefficient (Wildman–Crippen LogP) is 3.66. The molecule has 2 heteroatoms. The van der Waals surface area contributed by atoms with E-state index in [1.807, 2.05) is 57.3 Å². The molecule has 0 aliphatic carbocycles. The Morgan fingerprint density at radius 3 is 2.11 bits per heavy atom. The molecule has 0 spiro atoms. The molecule has 0 aliphatic heterocycles. The number of carbonyl (C=O) groups is 1. The minimum absolute atomic E-state index is 0.737. The zero-order valence-electron chi connectivity index (χ0n) is 11.4. The summed E-state index contributed by atoms with van der Waals surface area (Å²) in [6.45, 7) is 11.4. The first kappa shape index (κ1) is 15.9. The molecule has 0 unspecified atom stereocenters. The van der Waals surface area contributed by atoms with E-state index in [0.717, 1.165) is 23.1 Å². The molecule has 0 amide bonds. The maximum atomic E-state index is 10.1. The molecule has 0 fully saturated rings. The first-order chi connectivity index (χ1) is 8.49. The van der Waals surface area contributed by atoms with Gasteiger partial charge in [-0.05, 0) is 19.9 Å². The van der Waals surface area contributed by atoms with Gasteiger partial charge in [-0.2, -0.15) is 0 Å². The van der Waals surface area contributed by atoms with Gasteiger partial charge in [-0.25, -0.2) is 0 Å². The molecule has 0 bridgehead atoms. The van der Waals surface area contributed by atoms with Gasteiger partial charge in [0, 0.05) is 18.3 Å². The molecular formula is C16H21NO. The van der Waals surface area contributed by atoms with E-state index in [2.05, 4.69) is 18.5 Å². The summed E-state index contributed by atoms with van der Waals surface area (Å²) in [7, 11) is 1.84. The lowest BCUT2D eigenvalue weighted by atomic mass is 10.2. The van der Waals surface area contributed by atoms with Crippen LogP contribution in [0.4, 0.5) is 0 Å². The Bertz CT molecular complexity index is 427. The molecular weight excluding hydrogens is 222 g/mol. The SMILES string of the molecule is C=C(C)/C=C\C(=C)NC.Cc1ccc(C=O)cc1. The number of rotatable bonds is 4. The van der Waals surface area contributed by atoms with Gasteiger partial charge in [-0.1, -0.05) is 54.6 Å². The van der Waals surface area contributed by atoms with Crippen molar-refractivity contribution in [3.05, 3.63) is 72.0 Å². The van der Waals surface area contributed by atoms with Crippen LogP contribution in [0.1, 0.15) is 22.8 Å². The molecule has 0 atom stereocenters. The van der Waals surface area contributed by atoms with Gasteiger partial charge in [-0.15, -0.1) is 0 Å². The highest BCUT2D eigenvalue weighted by Gasteiger charge is 1.85. The fourth-order valence-electron chi connectivity index (χ4n) is 0.971. The van der Waals surface area contributed by atoms with Crippen LogP contribution < -0.4 is 5.32 Å². The second-order valence-electron chi connectivity index (χ2n) is 3.98. The number of nitrogens with one attached hydrogen (secondary N) is 1. The lowest BCUT2D eigenvalue weighted by molar-refractivity contribution is 0.112. The lowest BCUT2D eigenvalue weighted by Gasteiger charge is -1.94. The number of aryl methyl sites for hydroxylation is 1. The third-order valence-corrected chi connectivity index (χ3v) is 2.10. The van der Waals surface area contributed by atoms with Crippen molar-refractivity contribution in [2.45, 2.75) is 13.8 Å². The van der Waals surface area contributed by atoms with Crippen molar-refractivity contribution in [2.24, 2.45) is 0 Å². The number of aldehydes is 1. The smallest absolute Gasteiger partial charge is 0.150 e. The van der Waals surface area contributed by atoms with Gasteiger partial charge < -0.3 is 5.32 Å². The van der Waals surface area contributed by atoms with E-state index in [4.69, 9.17) is 0 Å². The molecule has 1 N–H and O–H groups in total. The topological polar surface area (TPSA) is 29.1 Å². The highest BCUT2D eigenvalue weighted by atomic mass is 16.1. The average Bonchev–Trinajstić information content (AvgIpc) is 2.37. The van der Waals surface area contributed by atoms with Crippen molar-refractivity contribution >= 4 is 6.29 Å². The third-order valence-electron chi connectivity index (χ3n) is 2.10. The average molecular weight is 243 g/mol. The molecule has 0 radical (unpaired) electrons. The summed E-state index contributed by atoms with van der Waals surface area (Å²) in [5.41, 5.74) is 3.85. The summed E-state index contributed by atoms with van der Waals surface area (Å²) < 4.78 is 0. The van der Waals surface area contributed by atoms with Gasteiger partial charge in [0.2, 0.25) is 0 Å². The van der Waals surface area contributed by atoms with E-state index in [-0.39, 0.29) is 0 Å². The number of carbonyl (C=O) groups excluding carboxylic acids is 1. The van der Waals surface area contributed by atoms with Crippen LogP contribution in [0.15, 0.2) is 60.8 Å². The van der Waals surface area contributed by atoms with Crippen molar-refractivity contribution in [3.8, 4) is 0 Å². The van der Waals surface area contributed by atoms with Crippen LogP contribution in [0.25, 0.3) is 0 Å². The standard InChI is InChI=1S/C8H13N.C8H8O/c1-7(2)5-6-8(3)9-4;1-7-2-4-8(6-9)5-3-7/h5-6,9H,1,3H2,2,4H3;2-6H,1H3/b6-5-;. The van der Waals surface area contributed by atoms with Crippen LogP contribution in [0.3, 0.4) is 0 Å². The lowest BCUT2D eigenvalue weighted by Crippen LogP contribution is -2.00. The van der Waals surface area contributed by atoms with Gasteiger partial charge in [0.25, 0.3) is 0 Å². The van der Waals surface area contributed by atoms with Gasteiger partial charge in [-0.3, -0.25) is 4.79 Å². The van der Waals surface area contributed by atoms with Crippen molar-refractivity contribution in [2.75, 3.05) is 7.05 Å². The van der Waals surface area contributed by atoms with E-state index in [1.165, 1.54) is 5.56 Å². The second-order valence-corrected chi connectivity index (χ2v) is 3.98. The monoisotopic (exact) mass is 243 g/mol. The molecule has 0 aromatic heterocycles. The normalized spacial score (nSPS) is 9.28. The van der Waals surface area contributed by atoms with Gasteiger partial charge in [0.1, 0.15) is 6.29 Å². The first-order valence-corrected chi connectivity index (χ1v) is 5.71. The van der Waals surface area contributed by atoms with Gasteiger partial charge in [0.05, 0.1) is 0 Å². The Kier molecular flexibility index (Phi) is 7.95. The first-order valence-electron chi connectivity index (χ1n) is 5.71. The Balaban J connectivity index is 0.000000321. The maximum Gasteiger partial charge on any atom is 0.150 e. The highest BCUT2D eigenvalue weighted by Crippen LogP contribution is 1.98. The second kappa shape index (κ2) is 8.99. The summed E-state index contributed by atoms with van der Waals surface area (Å²) in [4.78, 5) is 10.1. The molecule has 18 heavy (non-hydrogen) atoms. The number of hydrogen-bond donors (Lipinski definition) is 1. The van der Waals surface area contributed by atoms with E-state index in [9.17, 15) is 4.79 Å². The third kappa shape index (κ3) is 8.11. The van der Waals surface area contributed by atoms with Gasteiger partial charge in [0.15, 0.2) is 0 Å². The van der Waals surface area contributed by atoms with Gasteiger partial charge >= 0.3 is 0 Å². The number of hydrogen-bond acceptors (Lipinski definition) is 2. The fourth-order valence-corrected chi connectivity index (χ4v) is 0.971. The van der Waals surface area contributed by atoms with Crippen LogP contribution in [0, 0.1) is 6.92 Å². The molecule has 0 saturated carbocycles. The molecule has 0 saturated heterocycles. The highest BCUT2D eigenvalue weighted by molar-refractivity contribution is 5.74. The Morgan fingerprint density at radius 2 is 1.72 bits per heavy atom. The van der Waals surface area contributed by atoms with Crippen molar-refractivity contribution < 1.29 is 4.79 Å². The minimum atomic E-state index is 0.737. The molecule has 0 aliphatic rings. The van der Waals surface area contributed by atoms with E-state index < -0.39 is 0 Å². The van der Waals surface area contributed by atoms with E-state index in [0.29, 0.717) is 0 Å². The number of likely N-dealkylation sites (N-methyl/N-ethyl adjacent to an activating group) is 1. The molecule has 1 aromatic carbocycles. The van der Waals surface area contributed by atoms with E-state index >= 15 is 0 Å². The molecule has 1 rings (SSSR count). The Labute approximate surface area is 110 Å². The summed E-state index contributed by atoms with van der Waals surface area (Å²) in [5, 5.41) is 2.90. The van der Waals surface area contributed by atoms with Crippen LogP contribution in [-0.4, -0.2) is 13.3 Å². The number of benzene rings is 1. The van der Waals surface area contributed by atoms with Crippen LogP contribution in [0.2, 0.25) is 0 Å². The summed E-state index contributed by atoms with van der Waals surface area (Å²) >= 11 is 0. The molecule has 2 nitrogen and oxygen atoms in total. The van der Waals surface area contributed by atoms with Crippen LogP contribution >= 0.6 is 0 Å². The summed E-state index contributed by atoms with van der Waals surface area (Å²) in [6, 6.07) is 7.46. The fraction of sp³-hybridized carbons (Fsp3) is 0.188. The molecule has 96 valence electrons. The largest absolute Gasteiger partial charge is 0.389 e. The zero-order valence-corrected chi connectivity index (χ0v) is 11.4.